The van der Waals surface area contributed by atoms with Crippen LogP contribution in [0.15, 0.2) is 42.7 Å². The molecule has 1 amide bonds. The summed E-state index contributed by atoms with van der Waals surface area (Å²) < 4.78 is 0. The number of carboxylic acid groups (broad SMARTS) is 1. The number of pyridine rings is 1. The largest absolute Gasteiger partial charge is 0.481 e. The Labute approximate surface area is 164 Å². The van der Waals surface area contributed by atoms with Crippen molar-refractivity contribution in [2.24, 2.45) is 11.3 Å². The highest BCUT2D eigenvalue weighted by Crippen LogP contribution is 2.49. The number of fused-ring (bicyclic) bond motifs is 1. The van der Waals surface area contributed by atoms with Crippen LogP contribution < -0.4 is 4.90 Å². The lowest BCUT2D eigenvalue weighted by molar-refractivity contribution is -0.149. The summed E-state index contributed by atoms with van der Waals surface area (Å²) in [5.74, 6) is -0.837. The molecule has 2 atom stereocenters. The molecule has 1 saturated heterocycles. The number of carbonyl (C=O) groups is 2. The zero-order chi connectivity index (χ0) is 19.9. The number of anilines is 1. The number of benzene rings is 1. The number of carboxylic acids is 1. The minimum atomic E-state index is -0.766. The molecule has 4 rings (SSSR count). The Morgan fingerprint density at radius 2 is 1.93 bits per heavy atom. The van der Waals surface area contributed by atoms with Crippen LogP contribution in [-0.4, -0.2) is 54.1 Å². The highest BCUT2D eigenvalue weighted by atomic mass is 16.4. The van der Waals surface area contributed by atoms with Crippen molar-refractivity contribution < 1.29 is 14.7 Å². The van der Waals surface area contributed by atoms with Crippen LogP contribution >= 0.6 is 0 Å². The first-order chi connectivity index (χ1) is 13.4. The average Bonchev–Trinajstić information content (AvgIpc) is 3.26. The fraction of sp³-hybridized carbons (Fsp3) is 0.409. The van der Waals surface area contributed by atoms with Crippen LogP contribution in [-0.2, 0) is 4.79 Å². The molecule has 2 heterocycles. The van der Waals surface area contributed by atoms with E-state index in [-0.39, 0.29) is 11.8 Å². The van der Waals surface area contributed by atoms with Gasteiger partial charge in [-0.1, -0.05) is 18.6 Å². The van der Waals surface area contributed by atoms with Gasteiger partial charge in [-0.2, -0.15) is 0 Å². The number of hydrogen-bond donors (Lipinski definition) is 1. The Balaban J connectivity index is 1.56. The molecule has 0 radical (unpaired) electrons. The van der Waals surface area contributed by atoms with Crippen LogP contribution in [0.2, 0.25) is 0 Å². The van der Waals surface area contributed by atoms with Gasteiger partial charge in [0.2, 0.25) is 0 Å². The molecule has 28 heavy (non-hydrogen) atoms. The maximum absolute atomic E-state index is 13.1. The minimum absolute atomic E-state index is 0.0590. The summed E-state index contributed by atoms with van der Waals surface area (Å²) in [4.78, 5) is 32.9. The summed E-state index contributed by atoms with van der Waals surface area (Å²) >= 11 is 0. The van der Waals surface area contributed by atoms with Crippen molar-refractivity contribution in [3.63, 3.8) is 0 Å². The van der Waals surface area contributed by atoms with E-state index in [2.05, 4.69) is 4.98 Å². The molecule has 1 aromatic heterocycles. The lowest BCUT2D eigenvalue weighted by Gasteiger charge is -2.23. The predicted molar refractivity (Wildman–Crippen MR) is 107 cm³/mol. The Bertz CT molecular complexity index is 909. The third kappa shape index (κ3) is 3.03. The summed E-state index contributed by atoms with van der Waals surface area (Å²) in [5, 5.41) is 9.74. The van der Waals surface area contributed by atoms with Crippen molar-refractivity contribution in [1.29, 1.82) is 0 Å². The number of amides is 1. The molecular weight excluding hydrogens is 354 g/mol. The second-order valence-corrected chi connectivity index (χ2v) is 8.14. The van der Waals surface area contributed by atoms with Gasteiger partial charge < -0.3 is 14.9 Å². The molecule has 2 aliphatic rings. The monoisotopic (exact) mass is 379 g/mol. The van der Waals surface area contributed by atoms with Gasteiger partial charge in [0.05, 0.1) is 11.0 Å². The van der Waals surface area contributed by atoms with Gasteiger partial charge in [0.15, 0.2) is 0 Å². The fourth-order valence-electron chi connectivity index (χ4n) is 4.64. The smallest absolute Gasteiger partial charge is 0.311 e. The van der Waals surface area contributed by atoms with Gasteiger partial charge in [-0.15, -0.1) is 0 Å². The summed E-state index contributed by atoms with van der Waals surface area (Å²) in [6, 6.07) is 9.94. The van der Waals surface area contributed by atoms with Gasteiger partial charge in [0.25, 0.3) is 5.91 Å². The van der Waals surface area contributed by atoms with Crippen molar-refractivity contribution in [3.8, 4) is 11.1 Å². The number of likely N-dealkylation sites (tertiary alicyclic amines) is 1. The molecule has 2 fully saturated rings. The van der Waals surface area contributed by atoms with E-state index in [4.69, 9.17) is 0 Å². The molecule has 2 aromatic rings. The number of aromatic nitrogens is 1. The van der Waals surface area contributed by atoms with Crippen LogP contribution in [0.5, 0.6) is 0 Å². The number of aliphatic carboxylic acids is 1. The molecule has 1 N–H and O–H groups in total. The van der Waals surface area contributed by atoms with Gasteiger partial charge in [-0.05, 0) is 42.5 Å². The normalized spacial score (nSPS) is 23.5. The summed E-state index contributed by atoms with van der Waals surface area (Å²) in [5.41, 5.74) is 2.72. The van der Waals surface area contributed by atoms with Crippen LogP contribution in [0.25, 0.3) is 11.1 Å². The predicted octanol–water partition coefficient (Wildman–Crippen LogP) is 3.14. The number of nitrogens with zero attached hydrogens (tertiary/aromatic N) is 3. The van der Waals surface area contributed by atoms with E-state index in [9.17, 15) is 14.7 Å². The summed E-state index contributed by atoms with van der Waals surface area (Å²) in [6.45, 7) is 0.820. The SMILES string of the molecule is CN(C)c1ccc(-c2cncc(C(=O)N3C[C@@H]4CCC[C@@]4(C(=O)O)C3)c2)cc1. The second-order valence-electron chi connectivity index (χ2n) is 8.14. The molecule has 1 aliphatic carbocycles. The molecule has 6 heteroatoms. The van der Waals surface area contributed by atoms with E-state index < -0.39 is 11.4 Å². The average molecular weight is 379 g/mol. The van der Waals surface area contributed by atoms with Gasteiger partial charge in [-0.3, -0.25) is 14.6 Å². The highest BCUT2D eigenvalue weighted by Gasteiger charge is 2.55. The van der Waals surface area contributed by atoms with Crippen molar-refractivity contribution >= 4 is 17.6 Å². The van der Waals surface area contributed by atoms with E-state index in [1.165, 1.54) is 0 Å². The molecule has 0 bridgehead atoms. The zero-order valence-electron chi connectivity index (χ0n) is 16.3. The molecule has 6 nitrogen and oxygen atoms in total. The van der Waals surface area contributed by atoms with Crippen molar-refractivity contribution in [2.45, 2.75) is 19.3 Å². The topological polar surface area (TPSA) is 73.7 Å². The molecule has 146 valence electrons. The Morgan fingerprint density at radius 3 is 2.57 bits per heavy atom. The van der Waals surface area contributed by atoms with Crippen molar-refractivity contribution in [2.75, 3.05) is 32.1 Å². The lowest BCUT2D eigenvalue weighted by Crippen LogP contribution is -2.37. The van der Waals surface area contributed by atoms with E-state index in [1.807, 2.05) is 49.3 Å². The summed E-state index contributed by atoms with van der Waals surface area (Å²) in [6.07, 6.45) is 5.79. The zero-order valence-corrected chi connectivity index (χ0v) is 16.3. The van der Waals surface area contributed by atoms with Crippen molar-refractivity contribution in [1.82, 2.24) is 9.88 Å². The third-order valence-electron chi connectivity index (χ3n) is 6.29. The van der Waals surface area contributed by atoms with Crippen LogP contribution in [0.1, 0.15) is 29.6 Å². The van der Waals surface area contributed by atoms with Gasteiger partial charge >= 0.3 is 5.97 Å². The Hall–Kier alpha value is -2.89. The molecular formula is C22H25N3O3. The van der Waals surface area contributed by atoms with Crippen LogP contribution in [0, 0.1) is 11.3 Å². The third-order valence-corrected chi connectivity index (χ3v) is 6.29. The fourth-order valence-corrected chi connectivity index (χ4v) is 4.64. The Kier molecular flexibility index (Phi) is 4.57. The lowest BCUT2D eigenvalue weighted by atomic mass is 9.81. The maximum atomic E-state index is 13.1. The van der Waals surface area contributed by atoms with Gasteiger partial charge in [0.1, 0.15) is 0 Å². The summed E-state index contributed by atoms with van der Waals surface area (Å²) in [7, 11) is 3.98. The van der Waals surface area contributed by atoms with Gasteiger partial charge in [0, 0.05) is 50.8 Å². The Morgan fingerprint density at radius 1 is 1.18 bits per heavy atom. The molecule has 1 saturated carbocycles. The quantitative estimate of drug-likeness (QED) is 0.883. The van der Waals surface area contributed by atoms with E-state index in [1.54, 1.807) is 17.3 Å². The highest BCUT2D eigenvalue weighted by molar-refractivity contribution is 5.96. The van der Waals surface area contributed by atoms with Crippen molar-refractivity contribution in [3.05, 3.63) is 48.3 Å². The van der Waals surface area contributed by atoms with Crippen LogP contribution in [0.3, 0.4) is 0 Å². The van der Waals surface area contributed by atoms with E-state index in [0.29, 0.717) is 25.1 Å². The number of hydrogen-bond acceptors (Lipinski definition) is 4. The molecule has 0 spiro atoms. The maximum Gasteiger partial charge on any atom is 0.311 e. The number of carbonyl (C=O) groups excluding carboxylic acids is 1. The standard InChI is InChI=1S/C22H25N3O3/c1-24(2)19-7-5-15(6-8-19)16-10-17(12-23-11-16)20(26)25-13-18-4-3-9-22(18,14-25)21(27)28/h5-8,10-12,18H,3-4,9,13-14H2,1-2H3,(H,27,28)/t18-,22+/m0/s1. The number of rotatable bonds is 4. The molecule has 1 aromatic carbocycles. The van der Waals surface area contributed by atoms with Gasteiger partial charge in [-0.25, -0.2) is 0 Å². The minimum Gasteiger partial charge on any atom is -0.481 e. The molecule has 1 aliphatic heterocycles. The van der Waals surface area contributed by atoms with E-state index in [0.717, 1.165) is 29.7 Å². The first-order valence-electron chi connectivity index (χ1n) is 9.66. The first kappa shape index (κ1) is 18.5. The second kappa shape index (κ2) is 6.93. The molecule has 0 unspecified atom stereocenters. The van der Waals surface area contributed by atoms with Crippen LogP contribution in [0.4, 0.5) is 5.69 Å². The first-order valence-corrected chi connectivity index (χ1v) is 9.66. The van der Waals surface area contributed by atoms with E-state index >= 15 is 0 Å².